The lowest BCUT2D eigenvalue weighted by molar-refractivity contribution is 0.854. The largest absolute Gasteiger partial charge is 0.369 e. The minimum atomic E-state index is -0.0761. The quantitative estimate of drug-likeness (QED) is 0.811. The van der Waals surface area contributed by atoms with E-state index < -0.39 is 0 Å². The van der Waals surface area contributed by atoms with Gasteiger partial charge in [0.1, 0.15) is 0 Å². The van der Waals surface area contributed by atoms with Crippen LogP contribution in [-0.4, -0.2) is 16.2 Å². The minimum absolute atomic E-state index is 0.0761. The van der Waals surface area contributed by atoms with Gasteiger partial charge in [0.15, 0.2) is 10.3 Å². The van der Waals surface area contributed by atoms with Crippen molar-refractivity contribution < 1.29 is 0 Å². The van der Waals surface area contributed by atoms with Crippen LogP contribution < -0.4 is 5.32 Å². The first kappa shape index (κ1) is 11.1. The van der Waals surface area contributed by atoms with E-state index in [2.05, 4.69) is 21.4 Å². The normalized spacial score (nSPS) is 11.9. The van der Waals surface area contributed by atoms with Crippen molar-refractivity contribution in [2.24, 2.45) is 0 Å². The average molecular weight is 230 g/mol. The molecule has 1 heterocycles. The van der Waals surface area contributed by atoms with Crippen LogP contribution in [0.3, 0.4) is 0 Å². The Labute approximate surface area is 92.8 Å². The molecule has 14 heavy (non-hydrogen) atoms. The molecule has 1 N–H and O–H groups in total. The van der Waals surface area contributed by atoms with Crippen molar-refractivity contribution in [3.05, 3.63) is 16.4 Å². The van der Waals surface area contributed by atoms with Crippen molar-refractivity contribution in [2.75, 3.05) is 5.32 Å². The lowest BCUT2D eigenvalue weighted by Gasteiger charge is -2.12. The number of rotatable bonds is 3. The number of halogens is 2. The van der Waals surface area contributed by atoms with Crippen LogP contribution in [0.2, 0.25) is 10.3 Å². The highest BCUT2D eigenvalue weighted by Crippen LogP contribution is 2.21. The summed E-state index contributed by atoms with van der Waals surface area (Å²) in [5, 5.41) is 10.8. The van der Waals surface area contributed by atoms with Crippen LogP contribution in [0.5, 0.6) is 0 Å². The van der Waals surface area contributed by atoms with Crippen LogP contribution in [0.25, 0.3) is 0 Å². The van der Waals surface area contributed by atoms with Crippen LogP contribution in [0.4, 0.5) is 5.69 Å². The van der Waals surface area contributed by atoms with Gasteiger partial charge in [-0.15, -0.1) is 16.6 Å². The van der Waals surface area contributed by atoms with Gasteiger partial charge in [0, 0.05) is 6.07 Å². The number of hydrogen-bond donors (Lipinski definition) is 1. The molecule has 0 amide bonds. The van der Waals surface area contributed by atoms with Gasteiger partial charge in [-0.25, -0.2) is 0 Å². The summed E-state index contributed by atoms with van der Waals surface area (Å²) < 4.78 is 0. The second-order valence-corrected chi connectivity index (χ2v) is 3.39. The second-order valence-electron chi connectivity index (χ2n) is 2.64. The van der Waals surface area contributed by atoms with Gasteiger partial charge in [-0.3, -0.25) is 0 Å². The Hall–Kier alpha value is -0.980. The molecule has 0 fully saturated rings. The summed E-state index contributed by atoms with van der Waals surface area (Å²) in [7, 11) is 0. The summed E-state index contributed by atoms with van der Waals surface area (Å²) in [6.07, 6.45) is 6.09. The zero-order valence-electron chi connectivity index (χ0n) is 7.59. The van der Waals surface area contributed by atoms with E-state index in [9.17, 15) is 0 Å². The Morgan fingerprint density at radius 2 is 2.29 bits per heavy atom. The molecule has 0 aliphatic rings. The van der Waals surface area contributed by atoms with Crippen molar-refractivity contribution in [3.63, 3.8) is 0 Å². The van der Waals surface area contributed by atoms with Gasteiger partial charge in [-0.1, -0.05) is 36.0 Å². The van der Waals surface area contributed by atoms with Crippen molar-refractivity contribution in [2.45, 2.75) is 19.4 Å². The molecule has 1 rings (SSSR count). The second kappa shape index (κ2) is 5.04. The summed E-state index contributed by atoms with van der Waals surface area (Å²) >= 11 is 11.5. The first-order chi connectivity index (χ1) is 6.67. The van der Waals surface area contributed by atoms with E-state index in [0.717, 1.165) is 6.42 Å². The SMILES string of the molecule is C#CC(CC)Nc1cc(Cl)nnc1Cl. The molecule has 0 radical (unpaired) electrons. The van der Waals surface area contributed by atoms with Gasteiger partial charge in [-0.2, -0.15) is 0 Å². The number of aromatic nitrogens is 2. The van der Waals surface area contributed by atoms with Crippen LogP contribution in [0.1, 0.15) is 13.3 Å². The van der Waals surface area contributed by atoms with E-state index in [1.165, 1.54) is 0 Å². The molecular weight excluding hydrogens is 221 g/mol. The van der Waals surface area contributed by atoms with Crippen molar-refractivity contribution in [3.8, 4) is 12.3 Å². The first-order valence-corrected chi connectivity index (χ1v) is 4.84. The summed E-state index contributed by atoms with van der Waals surface area (Å²) in [6.45, 7) is 1.97. The number of nitrogens with one attached hydrogen (secondary N) is 1. The molecular formula is C9H9Cl2N3. The molecule has 1 aromatic heterocycles. The fourth-order valence-electron chi connectivity index (χ4n) is 0.904. The predicted octanol–water partition coefficient (Wildman–Crippen LogP) is 2.61. The van der Waals surface area contributed by atoms with Crippen molar-refractivity contribution in [1.29, 1.82) is 0 Å². The van der Waals surface area contributed by atoms with Crippen LogP contribution >= 0.6 is 23.2 Å². The maximum Gasteiger partial charge on any atom is 0.174 e. The van der Waals surface area contributed by atoms with E-state index in [-0.39, 0.29) is 16.3 Å². The van der Waals surface area contributed by atoms with E-state index in [1.54, 1.807) is 6.07 Å². The molecule has 0 saturated carbocycles. The van der Waals surface area contributed by atoms with Crippen LogP contribution in [0, 0.1) is 12.3 Å². The topological polar surface area (TPSA) is 37.8 Å². The predicted molar refractivity (Wildman–Crippen MR) is 58.6 cm³/mol. The van der Waals surface area contributed by atoms with Gasteiger partial charge in [0.2, 0.25) is 0 Å². The number of terminal acetylenes is 1. The zero-order valence-corrected chi connectivity index (χ0v) is 9.10. The standard InChI is InChI=1S/C9H9Cl2N3/c1-3-6(4-2)12-7-5-8(10)13-14-9(7)11/h1,5-6H,4H2,2H3,(H,12,13). The van der Waals surface area contributed by atoms with Crippen molar-refractivity contribution in [1.82, 2.24) is 10.2 Å². The van der Waals surface area contributed by atoms with Gasteiger partial charge in [0.05, 0.1) is 11.7 Å². The third kappa shape index (κ3) is 2.76. The zero-order chi connectivity index (χ0) is 10.6. The molecule has 1 aromatic rings. The molecule has 74 valence electrons. The number of anilines is 1. The lowest BCUT2D eigenvalue weighted by atomic mass is 10.2. The molecule has 0 aromatic carbocycles. The van der Waals surface area contributed by atoms with Gasteiger partial charge in [-0.05, 0) is 6.42 Å². The Kier molecular flexibility index (Phi) is 3.99. The average Bonchev–Trinajstić information content (AvgIpc) is 2.19. The van der Waals surface area contributed by atoms with Gasteiger partial charge < -0.3 is 5.32 Å². The number of nitrogens with zero attached hydrogens (tertiary/aromatic N) is 2. The van der Waals surface area contributed by atoms with E-state index in [0.29, 0.717) is 5.69 Å². The summed E-state index contributed by atoms with van der Waals surface area (Å²) in [4.78, 5) is 0. The molecule has 0 aliphatic heterocycles. The fraction of sp³-hybridized carbons (Fsp3) is 0.333. The first-order valence-electron chi connectivity index (χ1n) is 4.08. The molecule has 0 bridgehead atoms. The maximum absolute atomic E-state index is 5.79. The van der Waals surface area contributed by atoms with E-state index in [4.69, 9.17) is 29.6 Å². The summed E-state index contributed by atoms with van der Waals surface area (Å²) in [6, 6.07) is 1.52. The highest BCUT2D eigenvalue weighted by molar-refractivity contribution is 6.33. The molecule has 0 saturated heterocycles. The van der Waals surface area contributed by atoms with E-state index in [1.807, 2.05) is 6.92 Å². The Morgan fingerprint density at radius 3 is 2.86 bits per heavy atom. The Bertz CT molecular complexity index is 360. The third-order valence-corrected chi connectivity index (χ3v) is 2.12. The highest BCUT2D eigenvalue weighted by Gasteiger charge is 2.07. The third-order valence-electron chi connectivity index (χ3n) is 1.66. The van der Waals surface area contributed by atoms with Gasteiger partial charge in [0.25, 0.3) is 0 Å². The molecule has 0 aliphatic carbocycles. The molecule has 3 nitrogen and oxygen atoms in total. The minimum Gasteiger partial charge on any atom is -0.369 e. The van der Waals surface area contributed by atoms with Crippen LogP contribution in [0.15, 0.2) is 6.07 Å². The van der Waals surface area contributed by atoms with Crippen LogP contribution in [-0.2, 0) is 0 Å². The lowest BCUT2D eigenvalue weighted by Crippen LogP contribution is -2.16. The Balaban J connectivity index is 2.86. The summed E-state index contributed by atoms with van der Waals surface area (Å²) in [5.41, 5.74) is 0.608. The summed E-state index contributed by atoms with van der Waals surface area (Å²) in [5.74, 6) is 2.59. The molecule has 0 spiro atoms. The smallest absolute Gasteiger partial charge is 0.174 e. The fourth-order valence-corrected chi connectivity index (χ4v) is 1.20. The number of hydrogen-bond acceptors (Lipinski definition) is 3. The maximum atomic E-state index is 5.79. The highest BCUT2D eigenvalue weighted by atomic mass is 35.5. The molecule has 1 unspecified atom stereocenters. The van der Waals surface area contributed by atoms with Crippen molar-refractivity contribution >= 4 is 28.9 Å². The Morgan fingerprint density at radius 1 is 1.57 bits per heavy atom. The monoisotopic (exact) mass is 229 g/mol. The van der Waals surface area contributed by atoms with Gasteiger partial charge >= 0.3 is 0 Å². The molecule has 1 atom stereocenters. The molecule has 5 heteroatoms. The van der Waals surface area contributed by atoms with E-state index >= 15 is 0 Å².